The molecule has 0 aromatic heterocycles. The van der Waals surface area contributed by atoms with E-state index in [9.17, 15) is 5.11 Å². The van der Waals surface area contributed by atoms with E-state index in [-0.39, 0.29) is 0 Å². The van der Waals surface area contributed by atoms with Crippen molar-refractivity contribution >= 4 is 11.6 Å². The summed E-state index contributed by atoms with van der Waals surface area (Å²) in [5.74, 6) is 0.870. The summed E-state index contributed by atoms with van der Waals surface area (Å²) in [6.45, 7) is 7.10. The van der Waals surface area contributed by atoms with E-state index < -0.39 is 0 Å². The van der Waals surface area contributed by atoms with E-state index in [0.717, 1.165) is 5.56 Å². The second-order valence-electron chi connectivity index (χ2n) is 4.19. The Morgan fingerprint density at radius 1 is 1.33 bits per heavy atom. The molecule has 0 saturated heterocycles. The third-order valence-corrected chi connectivity index (χ3v) is 2.89. The molecule has 0 aliphatic rings. The van der Waals surface area contributed by atoms with Crippen molar-refractivity contribution in [3.05, 3.63) is 28.8 Å². The van der Waals surface area contributed by atoms with Crippen LogP contribution >= 0.6 is 11.6 Å². The minimum absolute atomic E-state index is 0.294. The fourth-order valence-electron chi connectivity index (χ4n) is 1.20. The van der Waals surface area contributed by atoms with Crippen molar-refractivity contribution in [3.63, 3.8) is 0 Å². The second kappa shape index (κ2) is 5.38. The summed E-state index contributed by atoms with van der Waals surface area (Å²) in [4.78, 5) is 0. The molecule has 1 aromatic carbocycles. The molecule has 0 spiro atoms. The zero-order chi connectivity index (χ0) is 11.4. The third-order valence-electron chi connectivity index (χ3n) is 2.66. The fraction of sp³-hybridized carbons (Fsp3) is 0.500. The zero-order valence-corrected chi connectivity index (χ0v) is 10.2. The minimum Gasteiger partial charge on any atom is -0.508 e. The van der Waals surface area contributed by atoms with Crippen LogP contribution in [0, 0.1) is 5.92 Å². The molecule has 1 aromatic rings. The Kier molecular flexibility index (Phi) is 4.43. The van der Waals surface area contributed by atoms with Gasteiger partial charge >= 0.3 is 0 Å². The largest absolute Gasteiger partial charge is 0.508 e. The highest BCUT2D eigenvalue weighted by Crippen LogP contribution is 2.21. The number of phenolic OH excluding ortho intramolecular Hbond substituents is 1. The maximum Gasteiger partial charge on any atom is 0.120 e. The van der Waals surface area contributed by atoms with Crippen LogP contribution < -0.4 is 5.32 Å². The third kappa shape index (κ3) is 3.73. The van der Waals surface area contributed by atoms with Gasteiger partial charge in [0, 0.05) is 23.2 Å². The molecule has 0 saturated carbocycles. The number of aromatic hydroxyl groups is 1. The minimum atomic E-state index is 0.294. The van der Waals surface area contributed by atoms with Crippen LogP contribution in [0.25, 0.3) is 0 Å². The molecule has 0 bridgehead atoms. The van der Waals surface area contributed by atoms with Gasteiger partial charge < -0.3 is 10.4 Å². The molecule has 3 heteroatoms. The van der Waals surface area contributed by atoms with Crippen molar-refractivity contribution in [2.75, 3.05) is 0 Å². The average molecular weight is 228 g/mol. The molecule has 0 aliphatic heterocycles. The van der Waals surface area contributed by atoms with Gasteiger partial charge in [0.1, 0.15) is 5.75 Å². The predicted molar refractivity (Wildman–Crippen MR) is 64.3 cm³/mol. The number of rotatable bonds is 4. The molecule has 0 aliphatic carbocycles. The van der Waals surface area contributed by atoms with E-state index in [1.165, 1.54) is 0 Å². The normalized spacial score (nSPS) is 13.1. The fourth-order valence-corrected chi connectivity index (χ4v) is 1.40. The summed E-state index contributed by atoms with van der Waals surface area (Å²) in [7, 11) is 0. The monoisotopic (exact) mass is 227 g/mol. The Hall–Kier alpha value is -0.730. The first-order chi connectivity index (χ1) is 7.00. The van der Waals surface area contributed by atoms with Crippen molar-refractivity contribution in [1.29, 1.82) is 0 Å². The van der Waals surface area contributed by atoms with Crippen LogP contribution in [0.15, 0.2) is 18.2 Å². The number of phenols is 1. The quantitative estimate of drug-likeness (QED) is 0.828. The topological polar surface area (TPSA) is 32.3 Å². The number of hydrogen-bond donors (Lipinski definition) is 2. The lowest BCUT2D eigenvalue weighted by Gasteiger charge is -2.17. The summed E-state index contributed by atoms with van der Waals surface area (Å²) in [5, 5.41) is 13.6. The van der Waals surface area contributed by atoms with Crippen molar-refractivity contribution in [3.8, 4) is 5.75 Å². The highest BCUT2D eigenvalue weighted by Gasteiger charge is 2.07. The van der Waals surface area contributed by atoms with Gasteiger partial charge in [-0.2, -0.15) is 0 Å². The van der Waals surface area contributed by atoms with Crippen LogP contribution in [0.1, 0.15) is 26.3 Å². The molecule has 0 radical (unpaired) electrons. The van der Waals surface area contributed by atoms with Crippen LogP contribution in [0.4, 0.5) is 0 Å². The number of halogens is 1. The molecule has 1 unspecified atom stereocenters. The SMILES string of the molecule is CC(C)C(C)NCc1cc(Cl)ccc1O. The van der Waals surface area contributed by atoms with Gasteiger partial charge in [-0.25, -0.2) is 0 Å². The highest BCUT2D eigenvalue weighted by atomic mass is 35.5. The van der Waals surface area contributed by atoms with E-state index in [4.69, 9.17) is 11.6 Å². The number of nitrogens with one attached hydrogen (secondary N) is 1. The predicted octanol–water partition coefficient (Wildman–Crippen LogP) is 3.18. The second-order valence-corrected chi connectivity index (χ2v) is 4.62. The maximum atomic E-state index is 9.59. The molecule has 0 fully saturated rings. The van der Waals surface area contributed by atoms with Crippen LogP contribution in [0.2, 0.25) is 5.02 Å². The van der Waals surface area contributed by atoms with Crippen molar-refractivity contribution in [2.24, 2.45) is 5.92 Å². The summed E-state index contributed by atoms with van der Waals surface area (Å²) in [6.07, 6.45) is 0. The molecule has 2 nitrogen and oxygen atoms in total. The summed E-state index contributed by atoms with van der Waals surface area (Å²) in [5.41, 5.74) is 0.843. The number of hydrogen-bond acceptors (Lipinski definition) is 2. The van der Waals surface area contributed by atoms with Gasteiger partial charge in [-0.3, -0.25) is 0 Å². The Morgan fingerprint density at radius 3 is 2.60 bits per heavy atom. The van der Waals surface area contributed by atoms with Crippen LogP contribution in [-0.4, -0.2) is 11.1 Å². The maximum absolute atomic E-state index is 9.59. The van der Waals surface area contributed by atoms with E-state index in [1.807, 2.05) is 0 Å². The molecule has 0 heterocycles. The van der Waals surface area contributed by atoms with E-state index >= 15 is 0 Å². The van der Waals surface area contributed by atoms with Crippen molar-refractivity contribution in [1.82, 2.24) is 5.32 Å². The molecule has 1 atom stereocenters. The van der Waals surface area contributed by atoms with Gasteiger partial charge in [-0.05, 0) is 31.0 Å². The lowest BCUT2D eigenvalue weighted by atomic mass is 10.1. The summed E-state index contributed by atoms with van der Waals surface area (Å²) in [6, 6.07) is 5.52. The molecule has 1 rings (SSSR count). The number of benzene rings is 1. The Morgan fingerprint density at radius 2 is 2.00 bits per heavy atom. The van der Waals surface area contributed by atoms with Gasteiger partial charge in [0.2, 0.25) is 0 Å². The molecular weight excluding hydrogens is 210 g/mol. The first kappa shape index (κ1) is 12.3. The molecule has 0 amide bonds. The average Bonchev–Trinajstić information content (AvgIpc) is 2.18. The standard InChI is InChI=1S/C12H18ClNO/c1-8(2)9(3)14-7-10-6-11(13)4-5-12(10)15/h4-6,8-9,14-15H,7H2,1-3H3. The summed E-state index contributed by atoms with van der Waals surface area (Å²) < 4.78 is 0. The Labute approximate surface area is 96.3 Å². The van der Waals surface area contributed by atoms with Crippen molar-refractivity contribution < 1.29 is 5.11 Å². The van der Waals surface area contributed by atoms with Gasteiger partial charge in [0.25, 0.3) is 0 Å². The first-order valence-electron chi connectivity index (χ1n) is 5.21. The van der Waals surface area contributed by atoms with E-state index in [2.05, 4.69) is 26.1 Å². The molecule has 84 valence electrons. The van der Waals surface area contributed by atoms with Gasteiger partial charge in [-0.1, -0.05) is 25.4 Å². The zero-order valence-electron chi connectivity index (χ0n) is 9.42. The van der Waals surface area contributed by atoms with Crippen LogP contribution in [0.3, 0.4) is 0 Å². The van der Waals surface area contributed by atoms with Gasteiger partial charge in [-0.15, -0.1) is 0 Å². The summed E-state index contributed by atoms with van der Waals surface area (Å²) >= 11 is 5.86. The Balaban J connectivity index is 2.61. The Bertz CT molecular complexity index is 325. The van der Waals surface area contributed by atoms with E-state index in [0.29, 0.717) is 29.3 Å². The van der Waals surface area contributed by atoms with Crippen LogP contribution in [-0.2, 0) is 6.54 Å². The molecular formula is C12H18ClNO. The molecule has 15 heavy (non-hydrogen) atoms. The van der Waals surface area contributed by atoms with Crippen molar-refractivity contribution in [2.45, 2.75) is 33.4 Å². The van der Waals surface area contributed by atoms with Gasteiger partial charge in [0.15, 0.2) is 0 Å². The van der Waals surface area contributed by atoms with Crippen LogP contribution in [0.5, 0.6) is 5.75 Å². The lowest BCUT2D eigenvalue weighted by molar-refractivity contribution is 0.415. The lowest BCUT2D eigenvalue weighted by Crippen LogP contribution is -2.30. The molecule has 2 N–H and O–H groups in total. The first-order valence-corrected chi connectivity index (χ1v) is 5.59. The highest BCUT2D eigenvalue weighted by molar-refractivity contribution is 6.30. The van der Waals surface area contributed by atoms with E-state index in [1.54, 1.807) is 18.2 Å². The van der Waals surface area contributed by atoms with Gasteiger partial charge in [0.05, 0.1) is 0 Å². The smallest absolute Gasteiger partial charge is 0.120 e.